The summed E-state index contributed by atoms with van der Waals surface area (Å²) in [5.41, 5.74) is -0.928. The summed E-state index contributed by atoms with van der Waals surface area (Å²) in [5.74, 6) is -1.27. The molecule has 2 N–H and O–H groups in total. The predicted octanol–water partition coefficient (Wildman–Crippen LogP) is 2.62. The number of benzene rings is 1. The fourth-order valence-electron chi connectivity index (χ4n) is 2.46. The Labute approximate surface area is 117 Å². The minimum Gasteiger partial charge on any atom is -0.479 e. The van der Waals surface area contributed by atoms with E-state index >= 15 is 0 Å². The molecular formula is C14H18ClNO3. The van der Waals surface area contributed by atoms with Crippen LogP contribution in [0.4, 0.5) is 5.69 Å². The molecule has 0 radical (unpaired) electrons. The van der Waals surface area contributed by atoms with Gasteiger partial charge in [-0.25, -0.2) is 4.79 Å². The SMILES string of the molecule is CC(O)(C(=O)O)c1cccc(Cl)c1N1CCCCC1. The Kier molecular flexibility index (Phi) is 4.02. The largest absolute Gasteiger partial charge is 0.479 e. The molecule has 0 saturated carbocycles. The third kappa shape index (κ3) is 2.69. The van der Waals surface area contributed by atoms with E-state index in [1.807, 2.05) is 0 Å². The highest BCUT2D eigenvalue weighted by Crippen LogP contribution is 2.37. The second-order valence-corrected chi connectivity index (χ2v) is 5.47. The van der Waals surface area contributed by atoms with Gasteiger partial charge < -0.3 is 15.1 Å². The van der Waals surface area contributed by atoms with Crippen LogP contribution in [0.15, 0.2) is 18.2 Å². The fraction of sp³-hybridized carbons (Fsp3) is 0.500. The van der Waals surface area contributed by atoms with Crippen LogP contribution in [0.25, 0.3) is 0 Å². The molecule has 1 aliphatic heterocycles. The number of piperidine rings is 1. The van der Waals surface area contributed by atoms with Crippen LogP contribution in [0, 0.1) is 0 Å². The number of aliphatic carboxylic acids is 1. The van der Waals surface area contributed by atoms with Crippen LogP contribution in [0.3, 0.4) is 0 Å². The second-order valence-electron chi connectivity index (χ2n) is 5.06. The van der Waals surface area contributed by atoms with E-state index in [0.29, 0.717) is 16.3 Å². The maximum atomic E-state index is 11.3. The Balaban J connectivity index is 2.49. The molecule has 1 fully saturated rings. The monoisotopic (exact) mass is 283 g/mol. The zero-order valence-electron chi connectivity index (χ0n) is 10.9. The number of hydrogen-bond acceptors (Lipinski definition) is 3. The molecule has 1 unspecified atom stereocenters. The molecule has 1 aliphatic rings. The summed E-state index contributed by atoms with van der Waals surface area (Å²) in [4.78, 5) is 13.3. The average molecular weight is 284 g/mol. The van der Waals surface area contributed by atoms with E-state index in [2.05, 4.69) is 4.90 Å². The molecule has 1 aromatic carbocycles. The lowest BCUT2D eigenvalue weighted by Crippen LogP contribution is -2.37. The first-order valence-electron chi connectivity index (χ1n) is 6.44. The molecule has 104 valence electrons. The number of anilines is 1. The number of carboxylic acids is 1. The van der Waals surface area contributed by atoms with Gasteiger partial charge in [0, 0.05) is 18.7 Å². The van der Waals surface area contributed by atoms with E-state index in [9.17, 15) is 15.0 Å². The van der Waals surface area contributed by atoms with Crippen molar-refractivity contribution in [2.75, 3.05) is 18.0 Å². The maximum absolute atomic E-state index is 11.3. The molecule has 1 saturated heterocycles. The normalized spacial score (nSPS) is 19.0. The third-order valence-corrected chi connectivity index (χ3v) is 3.90. The van der Waals surface area contributed by atoms with Crippen LogP contribution < -0.4 is 4.90 Å². The lowest BCUT2D eigenvalue weighted by atomic mass is 9.93. The summed E-state index contributed by atoms with van der Waals surface area (Å²) in [5, 5.41) is 19.9. The number of carbonyl (C=O) groups is 1. The average Bonchev–Trinajstić information content (AvgIpc) is 2.39. The number of halogens is 1. The highest BCUT2D eigenvalue weighted by Gasteiger charge is 2.36. The van der Waals surface area contributed by atoms with Gasteiger partial charge in [-0.3, -0.25) is 0 Å². The van der Waals surface area contributed by atoms with Crippen molar-refractivity contribution in [3.05, 3.63) is 28.8 Å². The van der Waals surface area contributed by atoms with Gasteiger partial charge in [-0.05, 0) is 32.3 Å². The third-order valence-electron chi connectivity index (χ3n) is 3.60. The first kappa shape index (κ1) is 14.2. The summed E-state index contributed by atoms with van der Waals surface area (Å²) >= 11 is 6.23. The highest BCUT2D eigenvalue weighted by atomic mass is 35.5. The Bertz CT molecular complexity index is 482. The lowest BCUT2D eigenvalue weighted by Gasteiger charge is -2.34. The smallest absolute Gasteiger partial charge is 0.340 e. The summed E-state index contributed by atoms with van der Waals surface area (Å²) in [7, 11) is 0. The van der Waals surface area contributed by atoms with Crippen molar-refractivity contribution in [3.63, 3.8) is 0 Å². The minimum atomic E-state index is -1.93. The number of rotatable bonds is 3. The van der Waals surface area contributed by atoms with Crippen molar-refractivity contribution in [1.82, 2.24) is 0 Å². The summed E-state index contributed by atoms with van der Waals surface area (Å²) in [6, 6.07) is 5.03. The molecule has 0 aromatic heterocycles. The van der Waals surface area contributed by atoms with E-state index in [-0.39, 0.29) is 0 Å². The molecule has 4 nitrogen and oxygen atoms in total. The van der Waals surface area contributed by atoms with Crippen LogP contribution in [-0.4, -0.2) is 29.3 Å². The molecule has 0 amide bonds. The van der Waals surface area contributed by atoms with Gasteiger partial charge in [0.15, 0.2) is 5.60 Å². The van der Waals surface area contributed by atoms with Gasteiger partial charge in [-0.1, -0.05) is 23.7 Å². The zero-order valence-corrected chi connectivity index (χ0v) is 11.7. The molecule has 1 heterocycles. The highest BCUT2D eigenvalue weighted by molar-refractivity contribution is 6.33. The molecule has 0 bridgehead atoms. The molecule has 5 heteroatoms. The Hall–Kier alpha value is -1.26. The Morgan fingerprint density at radius 3 is 2.53 bits per heavy atom. The first-order chi connectivity index (χ1) is 8.94. The van der Waals surface area contributed by atoms with Crippen molar-refractivity contribution >= 4 is 23.3 Å². The lowest BCUT2D eigenvalue weighted by molar-refractivity contribution is -0.157. The van der Waals surface area contributed by atoms with Crippen LogP contribution in [0.1, 0.15) is 31.7 Å². The number of para-hydroxylation sites is 1. The topological polar surface area (TPSA) is 60.8 Å². The van der Waals surface area contributed by atoms with Gasteiger partial charge in [-0.15, -0.1) is 0 Å². The first-order valence-corrected chi connectivity index (χ1v) is 6.82. The van der Waals surface area contributed by atoms with Gasteiger partial charge in [-0.2, -0.15) is 0 Å². The van der Waals surface area contributed by atoms with Crippen LogP contribution in [0.2, 0.25) is 5.02 Å². The molecule has 0 aliphatic carbocycles. The van der Waals surface area contributed by atoms with Crippen LogP contribution >= 0.6 is 11.6 Å². The number of hydrogen-bond donors (Lipinski definition) is 2. The standard InChI is InChI=1S/C14H18ClNO3/c1-14(19,13(17)18)10-6-5-7-11(15)12(10)16-8-3-2-4-9-16/h5-7,19H,2-4,8-9H2,1H3,(H,17,18). The van der Waals surface area contributed by atoms with Crippen LogP contribution in [-0.2, 0) is 10.4 Å². The molecule has 2 rings (SSSR count). The fourth-order valence-corrected chi connectivity index (χ4v) is 2.76. The van der Waals surface area contributed by atoms with Crippen LogP contribution in [0.5, 0.6) is 0 Å². The minimum absolute atomic E-state index is 0.356. The van der Waals surface area contributed by atoms with E-state index in [4.69, 9.17) is 11.6 Å². The van der Waals surface area contributed by atoms with Gasteiger partial charge in [0.25, 0.3) is 0 Å². The number of carboxylic acid groups (broad SMARTS) is 1. The Morgan fingerprint density at radius 1 is 1.32 bits per heavy atom. The van der Waals surface area contributed by atoms with Gasteiger partial charge in [0.1, 0.15) is 0 Å². The zero-order chi connectivity index (χ0) is 14.0. The van der Waals surface area contributed by atoms with Gasteiger partial charge in [0.2, 0.25) is 0 Å². The van der Waals surface area contributed by atoms with E-state index in [1.54, 1.807) is 18.2 Å². The van der Waals surface area contributed by atoms with E-state index in [0.717, 1.165) is 25.9 Å². The van der Waals surface area contributed by atoms with E-state index in [1.165, 1.54) is 13.3 Å². The predicted molar refractivity (Wildman–Crippen MR) is 74.7 cm³/mol. The van der Waals surface area contributed by atoms with Gasteiger partial charge >= 0.3 is 5.97 Å². The molecule has 0 spiro atoms. The second kappa shape index (κ2) is 5.39. The van der Waals surface area contributed by atoms with Crippen molar-refractivity contribution in [3.8, 4) is 0 Å². The molecule has 1 aromatic rings. The maximum Gasteiger partial charge on any atom is 0.340 e. The van der Waals surface area contributed by atoms with Crippen molar-refractivity contribution in [2.45, 2.75) is 31.8 Å². The summed E-state index contributed by atoms with van der Waals surface area (Å²) in [6.07, 6.45) is 3.28. The molecule has 19 heavy (non-hydrogen) atoms. The van der Waals surface area contributed by atoms with Gasteiger partial charge in [0.05, 0.1) is 10.7 Å². The van der Waals surface area contributed by atoms with Crippen molar-refractivity contribution in [2.24, 2.45) is 0 Å². The van der Waals surface area contributed by atoms with Crippen molar-refractivity contribution in [1.29, 1.82) is 0 Å². The number of aliphatic hydroxyl groups is 1. The Morgan fingerprint density at radius 2 is 1.95 bits per heavy atom. The summed E-state index contributed by atoms with van der Waals surface area (Å²) in [6.45, 7) is 2.97. The summed E-state index contributed by atoms with van der Waals surface area (Å²) < 4.78 is 0. The van der Waals surface area contributed by atoms with E-state index < -0.39 is 11.6 Å². The number of nitrogens with zero attached hydrogens (tertiary/aromatic N) is 1. The molecule has 1 atom stereocenters. The quantitative estimate of drug-likeness (QED) is 0.895. The van der Waals surface area contributed by atoms with Crippen molar-refractivity contribution < 1.29 is 15.0 Å². The molecular weight excluding hydrogens is 266 g/mol.